The van der Waals surface area contributed by atoms with Crippen LogP contribution in [0.4, 0.5) is 4.79 Å². The lowest BCUT2D eigenvalue weighted by Gasteiger charge is -2.27. The highest BCUT2D eigenvalue weighted by molar-refractivity contribution is 5.82. The first kappa shape index (κ1) is 15.2. The number of carbonyl (C=O) groups excluding carboxylic acids is 2. The molecular weight excluding hydrogens is 272 g/mol. The molecule has 21 heavy (non-hydrogen) atoms. The van der Waals surface area contributed by atoms with Crippen LogP contribution < -0.4 is 5.32 Å². The van der Waals surface area contributed by atoms with Crippen molar-refractivity contribution in [2.75, 3.05) is 13.1 Å². The van der Waals surface area contributed by atoms with Gasteiger partial charge in [-0.1, -0.05) is 12.2 Å². The topological polar surface area (TPSA) is 67.9 Å². The highest BCUT2D eigenvalue weighted by Crippen LogP contribution is 2.22. The molecule has 0 bridgehead atoms. The predicted octanol–water partition coefficient (Wildman–Crippen LogP) is 2.06. The number of carbonyl (C=O) groups is 2. The zero-order valence-corrected chi connectivity index (χ0v) is 12.5. The second-order valence-corrected chi connectivity index (χ2v) is 5.82. The quantitative estimate of drug-likeness (QED) is 0.789. The minimum atomic E-state index is -0.867. The molecule has 0 fully saturated rings. The Balaban J connectivity index is 1.95. The number of dihydropyridines is 1. The maximum atomic E-state index is 12.0. The second kappa shape index (κ2) is 6.03. The molecule has 2 rings (SSSR count). The highest BCUT2D eigenvalue weighted by Gasteiger charge is 2.27. The minimum Gasteiger partial charge on any atom is -0.427 e. The van der Waals surface area contributed by atoms with Crippen molar-refractivity contribution >= 4 is 12.1 Å². The van der Waals surface area contributed by atoms with Crippen LogP contribution in [0.15, 0.2) is 35.6 Å². The van der Waals surface area contributed by atoms with Crippen molar-refractivity contribution in [3.63, 3.8) is 0 Å². The summed E-state index contributed by atoms with van der Waals surface area (Å²) in [5, 5.41) is 4.09. The zero-order chi connectivity index (χ0) is 15.5. The van der Waals surface area contributed by atoms with E-state index in [0.29, 0.717) is 0 Å². The summed E-state index contributed by atoms with van der Waals surface area (Å²) in [4.78, 5) is 28.5. The van der Waals surface area contributed by atoms with Gasteiger partial charge in [0.05, 0.1) is 13.0 Å². The van der Waals surface area contributed by atoms with E-state index in [-0.39, 0.29) is 18.9 Å². The Morgan fingerprint density at radius 1 is 1.33 bits per heavy atom. The monoisotopic (exact) mass is 292 g/mol. The maximum Gasteiger partial charge on any atom is 0.534 e. The van der Waals surface area contributed by atoms with Crippen molar-refractivity contribution in [2.24, 2.45) is 0 Å². The second-order valence-electron chi connectivity index (χ2n) is 5.82. The summed E-state index contributed by atoms with van der Waals surface area (Å²) in [6, 6.07) is 0. The molecule has 114 valence electrons. The number of hydroxylamine groups is 2. The molecule has 1 N–H and O–H groups in total. The van der Waals surface area contributed by atoms with E-state index in [9.17, 15) is 9.59 Å². The molecule has 2 aliphatic heterocycles. The normalized spacial score (nSPS) is 18.6. The molecule has 0 atom stereocenters. The van der Waals surface area contributed by atoms with Crippen LogP contribution in [0.25, 0.3) is 0 Å². The van der Waals surface area contributed by atoms with Gasteiger partial charge in [-0.15, -0.1) is 0 Å². The number of amides is 1. The van der Waals surface area contributed by atoms with Crippen molar-refractivity contribution in [2.45, 2.75) is 32.8 Å². The maximum absolute atomic E-state index is 12.0. The fraction of sp³-hybridized carbons (Fsp3) is 0.467. The van der Waals surface area contributed by atoms with Crippen molar-refractivity contribution < 1.29 is 19.2 Å². The van der Waals surface area contributed by atoms with Crippen molar-refractivity contribution in [1.82, 2.24) is 10.4 Å². The number of nitrogens with one attached hydrogen (secondary N) is 1. The van der Waals surface area contributed by atoms with E-state index in [2.05, 4.69) is 5.32 Å². The Bertz CT molecular complexity index is 526. The Morgan fingerprint density at radius 3 is 2.67 bits per heavy atom. The van der Waals surface area contributed by atoms with Crippen LogP contribution in [-0.2, 0) is 14.4 Å². The molecule has 0 saturated carbocycles. The summed E-state index contributed by atoms with van der Waals surface area (Å²) in [6.45, 7) is 6.18. The molecule has 0 aromatic heterocycles. The summed E-state index contributed by atoms with van der Waals surface area (Å²) in [5.41, 5.74) is 1.32. The van der Waals surface area contributed by atoms with Gasteiger partial charge < -0.3 is 14.9 Å². The first-order valence-electron chi connectivity index (χ1n) is 6.86. The van der Waals surface area contributed by atoms with Gasteiger partial charge in [-0.25, -0.2) is 4.79 Å². The molecule has 2 heterocycles. The van der Waals surface area contributed by atoms with E-state index in [1.54, 1.807) is 20.8 Å². The van der Waals surface area contributed by atoms with Gasteiger partial charge in [-0.2, -0.15) is 5.06 Å². The van der Waals surface area contributed by atoms with Crippen LogP contribution in [0.5, 0.6) is 0 Å². The van der Waals surface area contributed by atoms with Gasteiger partial charge in [0.1, 0.15) is 5.60 Å². The third kappa shape index (κ3) is 4.37. The van der Waals surface area contributed by atoms with Crippen molar-refractivity contribution in [3.05, 3.63) is 35.6 Å². The average molecular weight is 292 g/mol. The molecule has 0 aromatic carbocycles. The third-order valence-corrected chi connectivity index (χ3v) is 2.89. The minimum absolute atomic E-state index is 0.207. The molecule has 0 aromatic rings. The van der Waals surface area contributed by atoms with Crippen LogP contribution in [0.2, 0.25) is 0 Å². The summed E-state index contributed by atoms with van der Waals surface area (Å²) in [6.07, 6.45) is 7.01. The van der Waals surface area contributed by atoms with Gasteiger partial charge in [0.15, 0.2) is 0 Å². The van der Waals surface area contributed by atoms with Crippen LogP contribution in [0, 0.1) is 0 Å². The van der Waals surface area contributed by atoms with Crippen LogP contribution in [0.1, 0.15) is 27.2 Å². The van der Waals surface area contributed by atoms with E-state index < -0.39 is 11.8 Å². The summed E-state index contributed by atoms with van der Waals surface area (Å²) in [7, 11) is 0. The van der Waals surface area contributed by atoms with E-state index in [1.165, 1.54) is 0 Å². The van der Waals surface area contributed by atoms with E-state index in [1.807, 2.05) is 24.4 Å². The van der Waals surface area contributed by atoms with Crippen molar-refractivity contribution in [3.8, 4) is 0 Å². The number of nitrogens with zero attached hydrogens (tertiary/aromatic N) is 1. The summed E-state index contributed by atoms with van der Waals surface area (Å²) in [5.74, 6) is -0.258. The lowest BCUT2D eigenvalue weighted by atomic mass is 9.98. The van der Waals surface area contributed by atoms with Crippen LogP contribution in [0.3, 0.4) is 0 Å². The van der Waals surface area contributed by atoms with E-state index >= 15 is 0 Å². The number of hydrogen-bond acceptors (Lipinski definition) is 5. The SMILES string of the molecule is CC(C)(C)OC(=O)ON1CC=C(C2=CCNC=C2)CC1=O. The van der Waals surface area contributed by atoms with Gasteiger partial charge in [-0.3, -0.25) is 4.79 Å². The molecule has 6 heteroatoms. The Labute approximate surface area is 124 Å². The molecule has 6 nitrogen and oxygen atoms in total. The molecule has 0 aliphatic carbocycles. The molecular formula is C15H20N2O4. The van der Waals surface area contributed by atoms with Gasteiger partial charge in [0.2, 0.25) is 0 Å². The molecule has 0 spiro atoms. The Hall–Kier alpha value is -2.24. The number of ether oxygens (including phenoxy) is 1. The Morgan fingerprint density at radius 2 is 2.10 bits per heavy atom. The first-order valence-corrected chi connectivity index (χ1v) is 6.86. The molecule has 0 unspecified atom stereocenters. The number of rotatable bonds is 2. The fourth-order valence-corrected chi connectivity index (χ4v) is 1.98. The molecule has 0 radical (unpaired) electrons. The molecule has 1 amide bonds. The summed E-state index contributed by atoms with van der Waals surface area (Å²) >= 11 is 0. The predicted molar refractivity (Wildman–Crippen MR) is 77.0 cm³/mol. The Kier molecular flexibility index (Phi) is 4.35. The van der Waals surface area contributed by atoms with Gasteiger partial charge in [-0.05, 0) is 44.2 Å². The average Bonchev–Trinajstić information content (AvgIpc) is 2.40. The number of hydrogen-bond donors (Lipinski definition) is 1. The van der Waals surface area contributed by atoms with Gasteiger partial charge in [0, 0.05) is 6.54 Å². The summed E-state index contributed by atoms with van der Waals surface area (Å²) < 4.78 is 5.03. The lowest BCUT2D eigenvalue weighted by Crippen LogP contribution is -2.38. The van der Waals surface area contributed by atoms with E-state index in [0.717, 1.165) is 22.8 Å². The van der Waals surface area contributed by atoms with Crippen LogP contribution >= 0.6 is 0 Å². The lowest BCUT2D eigenvalue weighted by molar-refractivity contribution is -0.175. The van der Waals surface area contributed by atoms with Gasteiger partial charge >= 0.3 is 6.16 Å². The highest BCUT2D eigenvalue weighted by atomic mass is 16.8. The standard InChI is InChI=1S/C15H20N2O4/c1-15(2,3)20-14(19)21-17-9-6-12(10-13(17)18)11-4-7-16-8-5-11/h4-7,16H,8-10H2,1-3H3. The fourth-order valence-electron chi connectivity index (χ4n) is 1.98. The van der Waals surface area contributed by atoms with E-state index in [4.69, 9.17) is 9.57 Å². The smallest absolute Gasteiger partial charge is 0.427 e. The first-order chi connectivity index (χ1) is 9.85. The van der Waals surface area contributed by atoms with Gasteiger partial charge in [0.25, 0.3) is 5.91 Å². The molecule has 2 aliphatic rings. The zero-order valence-electron chi connectivity index (χ0n) is 12.5. The number of allylic oxidation sites excluding steroid dienone is 2. The largest absolute Gasteiger partial charge is 0.534 e. The molecule has 0 saturated heterocycles. The van der Waals surface area contributed by atoms with Crippen LogP contribution in [-0.4, -0.2) is 35.8 Å². The van der Waals surface area contributed by atoms with Crippen molar-refractivity contribution in [1.29, 1.82) is 0 Å². The third-order valence-electron chi connectivity index (χ3n) is 2.89.